The third kappa shape index (κ3) is 4.47. The number of hydrogen-bond donors (Lipinski definition) is 0. The molecular weight excluding hydrogens is 751 g/mol. The zero-order chi connectivity index (χ0) is 39.5. The summed E-state index contributed by atoms with van der Waals surface area (Å²) in [4.78, 5) is 14.8. The first-order valence-electron chi connectivity index (χ1n) is 20.4. The molecule has 5 nitrogen and oxygen atoms in total. The van der Waals surface area contributed by atoms with Crippen molar-refractivity contribution in [3.8, 4) is 34.3 Å². The summed E-state index contributed by atoms with van der Waals surface area (Å²) in [6.45, 7) is 0. The van der Waals surface area contributed by atoms with E-state index >= 15 is 0 Å². The first kappa shape index (κ1) is 33.5. The molecule has 1 spiro atoms. The highest BCUT2D eigenvalue weighted by atomic mass is 32.2. The van der Waals surface area contributed by atoms with Crippen molar-refractivity contribution in [3.05, 3.63) is 222 Å². The van der Waals surface area contributed by atoms with E-state index < -0.39 is 5.41 Å². The van der Waals surface area contributed by atoms with E-state index in [4.69, 9.17) is 9.97 Å². The fourth-order valence-corrected chi connectivity index (χ4v) is 11.8. The smallest absolute Gasteiger partial charge is 0.0988 e. The summed E-state index contributed by atoms with van der Waals surface area (Å²) in [5, 5.41) is 12.2. The van der Waals surface area contributed by atoms with Gasteiger partial charge in [0, 0.05) is 61.5 Å². The zero-order valence-electron chi connectivity index (χ0n) is 32.2. The lowest BCUT2D eigenvalue weighted by Gasteiger charge is -2.39. The Hall–Kier alpha value is -7.46. The summed E-state index contributed by atoms with van der Waals surface area (Å²) < 4.78 is 2.41. The molecule has 13 rings (SSSR count). The summed E-state index contributed by atoms with van der Waals surface area (Å²) in [6, 6.07) is 60.2. The molecule has 60 heavy (non-hydrogen) atoms. The number of aromatic nitrogens is 3. The molecule has 4 aliphatic rings. The van der Waals surface area contributed by atoms with E-state index in [0.717, 1.165) is 33.8 Å². The van der Waals surface area contributed by atoms with Gasteiger partial charge >= 0.3 is 0 Å². The Labute approximate surface area is 351 Å². The van der Waals surface area contributed by atoms with E-state index in [0.29, 0.717) is 5.57 Å². The number of rotatable bonds is 3. The van der Waals surface area contributed by atoms with Gasteiger partial charge < -0.3 is 9.47 Å². The lowest BCUT2D eigenvalue weighted by atomic mass is 9.67. The topological polar surface area (TPSA) is 57.7 Å². The molecule has 2 aliphatic carbocycles. The van der Waals surface area contributed by atoms with Crippen molar-refractivity contribution in [2.75, 3.05) is 4.90 Å². The maximum atomic E-state index is 9.74. The molecule has 2 aliphatic heterocycles. The van der Waals surface area contributed by atoms with Crippen LogP contribution in [0.15, 0.2) is 204 Å². The van der Waals surface area contributed by atoms with Crippen molar-refractivity contribution >= 4 is 44.9 Å². The first-order valence-corrected chi connectivity index (χ1v) is 21.2. The minimum absolute atomic E-state index is 0.0943. The van der Waals surface area contributed by atoms with Crippen molar-refractivity contribution in [2.45, 2.75) is 27.2 Å². The van der Waals surface area contributed by atoms with E-state index in [9.17, 15) is 5.26 Å². The van der Waals surface area contributed by atoms with E-state index in [1.807, 2.05) is 30.2 Å². The number of allylic oxidation sites excluding steroid dienone is 2. The van der Waals surface area contributed by atoms with E-state index in [-0.39, 0.29) is 12.0 Å². The van der Waals surface area contributed by atoms with Gasteiger partial charge in [0.2, 0.25) is 0 Å². The fourth-order valence-electron chi connectivity index (χ4n) is 10.7. The largest absolute Gasteiger partial charge is 0.333 e. The van der Waals surface area contributed by atoms with Gasteiger partial charge in [-0.1, -0.05) is 109 Å². The van der Waals surface area contributed by atoms with Gasteiger partial charge in [0.25, 0.3) is 0 Å². The molecule has 0 radical (unpaired) electrons. The van der Waals surface area contributed by atoms with Gasteiger partial charge in [-0.2, -0.15) is 5.26 Å². The summed E-state index contributed by atoms with van der Waals surface area (Å²) >= 11 is 1.85. The highest BCUT2D eigenvalue weighted by Crippen LogP contribution is 2.61. The lowest BCUT2D eigenvalue weighted by Crippen LogP contribution is -2.32. The molecule has 9 aromatic rings. The van der Waals surface area contributed by atoms with Gasteiger partial charge in [-0.05, 0) is 118 Å². The third-order valence-electron chi connectivity index (χ3n) is 13.1. The van der Waals surface area contributed by atoms with Crippen molar-refractivity contribution in [2.24, 2.45) is 0 Å². The van der Waals surface area contributed by atoms with E-state index in [1.165, 1.54) is 65.2 Å². The van der Waals surface area contributed by atoms with E-state index in [2.05, 4.69) is 185 Å². The van der Waals surface area contributed by atoms with Crippen LogP contribution in [0, 0.1) is 11.3 Å². The standard InChI is InChI=1S/C54H33N5S/c55-32-33-20-23-48-40(28-33)38-12-1-4-17-46(38)58(48)36-10-7-11-37(31-36)59-47-18-5-2-13-39(47)41-29-34(21-24-49(41)59)35-22-25-51-45(30-35)54(42-14-3-6-19-50(42)60-51)43-15-8-26-56-52(43)53-44(54)16-9-27-57-53/h1-31,40,48H. The molecule has 0 N–H and O–H groups in total. The van der Waals surface area contributed by atoms with E-state index in [1.54, 1.807) is 0 Å². The number of para-hydroxylation sites is 2. The number of anilines is 2. The van der Waals surface area contributed by atoms with Crippen LogP contribution in [0.2, 0.25) is 0 Å². The molecule has 280 valence electrons. The highest BCUT2D eigenvalue weighted by molar-refractivity contribution is 7.99. The molecule has 0 amide bonds. The Morgan fingerprint density at radius 2 is 1.28 bits per heavy atom. The van der Waals surface area contributed by atoms with Gasteiger partial charge in [-0.3, -0.25) is 9.97 Å². The molecule has 3 aromatic heterocycles. The second-order valence-electron chi connectivity index (χ2n) is 16.0. The normalized spacial score (nSPS) is 17.4. The molecule has 2 unspecified atom stereocenters. The Morgan fingerprint density at radius 3 is 2.15 bits per heavy atom. The second kappa shape index (κ2) is 12.5. The molecular formula is C54H33N5S. The Bertz CT molecular complexity index is 3380. The highest BCUT2D eigenvalue weighted by Gasteiger charge is 2.51. The quantitative estimate of drug-likeness (QED) is 0.179. The van der Waals surface area contributed by atoms with Gasteiger partial charge in [-0.25, -0.2) is 0 Å². The molecule has 6 aromatic carbocycles. The predicted molar refractivity (Wildman–Crippen MR) is 241 cm³/mol. The average molecular weight is 784 g/mol. The summed E-state index contributed by atoms with van der Waals surface area (Å²) in [7, 11) is 0. The molecule has 6 heteroatoms. The predicted octanol–water partition coefficient (Wildman–Crippen LogP) is 12.7. The number of pyridine rings is 2. The first-order chi connectivity index (χ1) is 29.7. The van der Waals surface area contributed by atoms with Crippen molar-refractivity contribution in [3.63, 3.8) is 0 Å². The molecule has 0 bridgehead atoms. The van der Waals surface area contributed by atoms with Crippen LogP contribution in [0.4, 0.5) is 11.4 Å². The lowest BCUT2D eigenvalue weighted by molar-refractivity contribution is 0.720. The number of benzene rings is 6. The molecule has 0 saturated heterocycles. The van der Waals surface area contributed by atoms with Crippen LogP contribution in [0.3, 0.4) is 0 Å². The SMILES string of the molecule is N#CC1=CC2c3ccccc3N(c3cccc(-n4c5ccccc5c5cc(-c6ccc7c(c6)C6(c8ccccc8S7)c7cccnc7-c7ncccc76)ccc54)c3)C2C=C1. The van der Waals surface area contributed by atoms with Gasteiger partial charge in [0.1, 0.15) is 0 Å². The maximum absolute atomic E-state index is 9.74. The molecule has 2 atom stereocenters. The van der Waals surface area contributed by atoms with Crippen LogP contribution in [0.1, 0.15) is 33.7 Å². The number of fused-ring (bicyclic) bond motifs is 15. The maximum Gasteiger partial charge on any atom is 0.0988 e. The number of nitriles is 1. The molecule has 0 fully saturated rings. The van der Waals surface area contributed by atoms with Crippen LogP contribution in [-0.2, 0) is 5.41 Å². The van der Waals surface area contributed by atoms with Gasteiger partial charge in [0.05, 0.1) is 39.9 Å². The van der Waals surface area contributed by atoms with Gasteiger partial charge in [0.15, 0.2) is 0 Å². The summed E-state index contributed by atoms with van der Waals surface area (Å²) in [5.41, 5.74) is 16.3. The molecule has 0 saturated carbocycles. The van der Waals surface area contributed by atoms with Crippen molar-refractivity contribution < 1.29 is 0 Å². The average Bonchev–Trinajstić information content (AvgIpc) is 3.93. The third-order valence-corrected chi connectivity index (χ3v) is 14.2. The summed E-state index contributed by atoms with van der Waals surface area (Å²) in [6.07, 6.45) is 10.1. The zero-order valence-corrected chi connectivity index (χ0v) is 33.0. The number of nitrogens with zero attached hydrogens (tertiary/aromatic N) is 5. The Balaban J connectivity index is 0.965. The van der Waals surface area contributed by atoms with Crippen LogP contribution in [0.25, 0.3) is 50.0 Å². The van der Waals surface area contributed by atoms with Crippen molar-refractivity contribution in [1.29, 1.82) is 5.26 Å². The fraction of sp³-hybridized carbons (Fsp3) is 0.0556. The van der Waals surface area contributed by atoms with Crippen molar-refractivity contribution in [1.82, 2.24) is 14.5 Å². The van der Waals surface area contributed by atoms with Crippen LogP contribution in [-0.4, -0.2) is 20.6 Å². The van der Waals surface area contributed by atoms with Crippen LogP contribution < -0.4 is 4.90 Å². The monoisotopic (exact) mass is 783 g/mol. The molecule has 5 heterocycles. The minimum Gasteiger partial charge on any atom is -0.333 e. The van der Waals surface area contributed by atoms with Gasteiger partial charge in [-0.15, -0.1) is 0 Å². The van der Waals surface area contributed by atoms with Crippen LogP contribution >= 0.6 is 11.8 Å². The van der Waals surface area contributed by atoms with Crippen LogP contribution in [0.5, 0.6) is 0 Å². The summed E-state index contributed by atoms with van der Waals surface area (Å²) in [5.74, 6) is 0.120. The Kier molecular flexibility index (Phi) is 6.99. The number of hydrogen-bond acceptors (Lipinski definition) is 5. The second-order valence-corrected chi connectivity index (χ2v) is 17.1. The Morgan fingerprint density at radius 1 is 0.583 bits per heavy atom. The minimum atomic E-state index is -0.539.